The molecule has 0 saturated heterocycles. The zero-order chi connectivity index (χ0) is 8.29. The molecule has 1 nitrogen and oxygen atoms in total. The molecule has 62 valence electrons. The van der Waals surface area contributed by atoms with Gasteiger partial charge in [-0.25, -0.2) is 0 Å². The minimum absolute atomic E-state index is 0.429. The molecular formula is C10H10ClN. The van der Waals surface area contributed by atoms with Gasteiger partial charge in [-0.15, -0.1) is 0 Å². The lowest BCUT2D eigenvalue weighted by Crippen LogP contribution is -2.08. The van der Waals surface area contributed by atoms with E-state index >= 15 is 0 Å². The van der Waals surface area contributed by atoms with Crippen LogP contribution in [-0.2, 0) is 6.42 Å². The number of hydrogen-bond acceptors (Lipinski definition) is 1. The van der Waals surface area contributed by atoms with Gasteiger partial charge in [-0.1, -0.05) is 17.7 Å². The summed E-state index contributed by atoms with van der Waals surface area (Å²) < 4.78 is 0. The lowest BCUT2D eigenvalue weighted by atomic mass is 10.1. The van der Waals surface area contributed by atoms with Gasteiger partial charge in [-0.2, -0.15) is 0 Å². The molecule has 0 aromatic heterocycles. The fourth-order valence-corrected chi connectivity index (χ4v) is 2.63. The summed E-state index contributed by atoms with van der Waals surface area (Å²) >= 11 is 5.89. The normalized spacial score (nSPS) is 36.0. The molecule has 0 aliphatic heterocycles. The average Bonchev–Trinajstić information content (AvgIpc) is 2.57. The molecule has 2 aliphatic carbocycles. The van der Waals surface area contributed by atoms with Crippen molar-refractivity contribution in [1.29, 1.82) is 0 Å². The van der Waals surface area contributed by atoms with Crippen molar-refractivity contribution in [2.24, 2.45) is 11.7 Å². The third kappa shape index (κ3) is 0.732. The molecule has 3 rings (SSSR count). The molecule has 0 bridgehead atoms. The molecule has 0 amide bonds. The minimum atomic E-state index is 0.429. The first-order valence-electron chi connectivity index (χ1n) is 4.31. The van der Waals surface area contributed by atoms with Crippen molar-refractivity contribution in [3.63, 3.8) is 0 Å². The van der Waals surface area contributed by atoms with E-state index in [9.17, 15) is 0 Å². The Morgan fingerprint density at radius 1 is 1.42 bits per heavy atom. The Bertz CT molecular complexity index is 348. The van der Waals surface area contributed by atoms with E-state index in [1.54, 1.807) is 0 Å². The van der Waals surface area contributed by atoms with Crippen LogP contribution in [0.5, 0.6) is 0 Å². The van der Waals surface area contributed by atoms with Crippen LogP contribution < -0.4 is 5.73 Å². The topological polar surface area (TPSA) is 26.0 Å². The summed E-state index contributed by atoms with van der Waals surface area (Å²) in [6.45, 7) is 0. The fourth-order valence-electron chi connectivity index (χ4n) is 2.43. The first kappa shape index (κ1) is 6.93. The third-order valence-corrected chi connectivity index (χ3v) is 3.38. The molecule has 1 aromatic carbocycles. The van der Waals surface area contributed by atoms with Crippen LogP contribution in [0.4, 0.5) is 0 Å². The molecule has 2 aliphatic rings. The summed E-state index contributed by atoms with van der Waals surface area (Å²) in [7, 11) is 0. The first-order chi connectivity index (χ1) is 5.77. The van der Waals surface area contributed by atoms with E-state index in [1.807, 2.05) is 6.07 Å². The van der Waals surface area contributed by atoms with Crippen LogP contribution in [0.15, 0.2) is 18.2 Å². The lowest BCUT2D eigenvalue weighted by molar-refractivity contribution is 0.801. The summed E-state index contributed by atoms with van der Waals surface area (Å²) in [5, 5.41) is 0.851. The number of fused-ring (bicyclic) bond motifs is 3. The highest BCUT2D eigenvalue weighted by molar-refractivity contribution is 6.30. The number of hydrogen-bond donors (Lipinski definition) is 1. The summed E-state index contributed by atoms with van der Waals surface area (Å²) in [6.07, 6.45) is 1.14. The van der Waals surface area contributed by atoms with Gasteiger partial charge >= 0.3 is 0 Å². The third-order valence-electron chi connectivity index (χ3n) is 3.15. The molecule has 2 N–H and O–H groups in total. The quantitative estimate of drug-likeness (QED) is 0.647. The predicted octanol–water partition coefficient (Wildman–Crippen LogP) is 1.94. The maximum absolute atomic E-state index is 5.89. The summed E-state index contributed by atoms with van der Waals surface area (Å²) in [5.41, 5.74) is 8.75. The van der Waals surface area contributed by atoms with E-state index in [0.717, 1.165) is 17.4 Å². The minimum Gasteiger partial charge on any atom is -0.327 e. The van der Waals surface area contributed by atoms with Crippen molar-refractivity contribution in [3.05, 3.63) is 34.3 Å². The van der Waals surface area contributed by atoms with Crippen LogP contribution in [0.2, 0.25) is 5.02 Å². The second-order valence-electron chi connectivity index (χ2n) is 3.81. The standard InChI is InChI=1S/C10H10ClN/c11-6-1-2-7-5(3-6)4-8-9(7)10(8)12/h1-3,8-10H,4,12H2/t8-,9+,10-/m1/s1. The van der Waals surface area contributed by atoms with Crippen molar-refractivity contribution in [2.75, 3.05) is 0 Å². The van der Waals surface area contributed by atoms with Crippen molar-refractivity contribution >= 4 is 11.6 Å². The molecule has 0 radical (unpaired) electrons. The predicted molar refractivity (Wildman–Crippen MR) is 49.4 cm³/mol. The lowest BCUT2D eigenvalue weighted by Gasteiger charge is -2.04. The van der Waals surface area contributed by atoms with Crippen molar-refractivity contribution in [2.45, 2.75) is 18.4 Å². The molecule has 0 heterocycles. The maximum Gasteiger partial charge on any atom is 0.0408 e. The average molecular weight is 180 g/mol. The number of nitrogens with two attached hydrogens (primary N) is 1. The van der Waals surface area contributed by atoms with Gasteiger partial charge in [0.2, 0.25) is 0 Å². The fraction of sp³-hybridized carbons (Fsp3) is 0.400. The Morgan fingerprint density at radius 3 is 3.08 bits per heavy atom. The highest BCUT2D eigenvalue weighted by Gasteiger charge is 2.53. The number of benzene rings is 1. The summed E-state index contributed by atoms with van der Waals surface area (Å²) in [4.78, 5) is 0. The van der Waals surface area contributed by atoms with Crippen LogP contribution in [0, 0.1) is 5.92 Å². The highest BCUT2D eigenvalue weighted by atomic mass is 35.5. The van der Waals surface area contributed by atoms with Crippen molar-refractivity contribution < 1.29 is 0 Å². The Labute approximate surface area is 76.5 Å². The largest absolute Gasteiger partial charge is 0.327 e. The SMILES string of the molecule is N[C@@H]1[C@@H]2Cc3cc(Cl)ccc3[C@H]12. The van der Waals surface area contributed by atoms with E-state index in [4.69, 9.17) is 17.3 Å². The zero-order valence-electron chi connectivity index (χ0n) is 6.63. The highest BCUT2D eigenvalue weighted by Crippen LogP contribution is 2.55. The van der Waals surface area contributed by atoms with Gasteiger partial charge in [-0.05, 0) is 35.6 Å². The van der Waals surface area contributed by atoms with E-state index in [0.29, 0.717) is 12.0 Å². The smallest absolute Gasteiger partial charge is 0.0408 e. The Hall–Kier alpha value is -0.530. The van der Waals surface area contributed by atoms with Gasteiger partial charge in [0.1, 0.15) is 0 Å². The number of rotatable bonds is 0. The van der Waals surface area contributed by atoms with Gasteiger partial charge < -0.3 is 5.73 Å². The first-order valence-corrected chi connectivity index (χ1v) is 4.69. The van der Waals surface area contributed by atoms with Gasteiger partial charge in [-0.3, -0.25) is 0 Å². The maximum atomic E-state index is 5.89. The van der Waals surface area contributed by atoms with Gasteiger partial charge in [0.15, 0.2) is 0 Å². The van der Waals surface area contributed by atoms with Crippen LogP contribution in [0.1, 0.15) is 17.0 Å². The van der Waals surface area contributed by atoms with Gasteiger partial charge in [0.05, 0.1) is 0 Å². The van der Waals surface area contributed by atoms with Crippen molar-refractivity contribution in [3.8, 4) is 0 Å². The molecule has 2 heteroatoms. The van der Waals surface area contributed by atoms with Crippen LogP contribution in [0.3, 0.4) is 0 Å². The molecule has 12 heavy (non-hydrogen) atoms. The molecule has 0 unspecified atom stereocenters. The molecule has 1 aromatic rings. The molecular weight excluding hydrogens is 170 g/mol. The van der Waals surface area contributed by atoms with Crippen LogP contribution in [-0.4, -0.2) is 6.04 Å². The van der Waals surface area contributed by atoms with Crippen LogP contribution in [0.25, 0.3) is 0 Å². The summed E-state index contributed by atoms with van der Waals surface area (Å²) in [6, 6.07) is 6.61. The van der Waals surface area contributed by atoms with Crippen LogP contribution >= 0.6 is 11.6 Å². The van der Waals surface area contributed by atoms with E-state index in [2.05, 4.69) is 12.1 Å². The second kappa shape index (κ2) is 2.04. The van der Waals surface area contributed by atoms with Gasteiger partial charge in [0.25, 0.3) is 0 Å². The molecule has 3 atom stereocenters. The molecule has 1 saturated carbocycles. The zero-order valence-corrected chi connectivity index (χ0v) is 7.38. The molecule has 1 fully saturated rings. The van der Waals surface area contributed by atoms with E-state index in [-0.39, 0.29) is 0 Å². The Balaban J connectivity index is 2.11. The Morgan fingerprint density at radius 2 is 2.25 bits per heavy atom. The second-order valence-corrected chi connectivity index (χ2v) is 4.25. The van der Waals surface area contributed by atoms with E-state index in [1.165, 1.54) is 11.1 Å². The van der Waals surface area contributed by atoms with Crippen molar-refractivity contribution in [1.82, 2.24) is 0 Å². The number of halogens is 1. The molecule has 0 spiro atoms. The van der Waals surface area contributed by atoms with E-state index < -0.39 is 0 Å². The van der Waals surface area contributed by atoms with Gasteiger partial charge in [0, 0.05) is 17.0 Å². The monoisotopic (exact) mass is 179 g/mol. The Kier molecular flexibility index (Phi) is 1.18. The summed E-state index contributed by atoms with van der Waals surface area (Å²) in [5.74, 6) is 1.37.